The Morgan fingerprint density at radius 3 is 2.54 bits per heavy atom. The fraction of sp³-hybridized carbons (Fsp3) is 0.310. The summed E-state index contributed by atoms with van der Waals surface area (Å²) in [6.45, 7) is 6.94. The monoisotopic (exact) mass is 541 g/mol. The van der Waals surface area contributed by atoms with Crippen LogP contribution in [0.5, 0.6) is 0 Å². The molecule has 1 aliphatic heterocycles. The van der Waals surface area contributed by atoms with Gasteiger partial charge >= 0.3 is 0 Å². The smallest absolute Gasteiger partial charge is 0.270 e. The largest absolute Gasteiger partial charge is 0.369 e. The van der Waals surface area contributed by atoms with Crippen molar-refractivity contribution in [3.63, 3.8) is 0 Å². The molecule has 0 atom stereocenters. The molecule has 2 N–H and O–H groups in total. The Balaban J connectivity index is 1.42. The molecule has 1 fully saturated rings. The predicted molar refractivity (Wildman–Crippen MR) is 154 cm³/mol. The van der Waals surface area contributed by atoms with E-state index in [2.05, 4.69) is 56.8 Å². The van der Waals surface area contributed by atoms with E-state index in [1.807, 2.05) is 30.3 Å². The van der Waals surface area contributed by atoms with Crippen LogP contribution in [0.2, 0.25) is 0 Å². The first kappa shape index (κ1) is 27.6. The van der Waals surface area contributed by atoms with Gasteiger partial charge in [0.15, 0.2) is 5.57 Å². The van der Waals surface area contributed by atoms with Gasteiger partial charge in [-0.25, -0.2) is 0 Å². The molecule has 1 saturated heterocycles. The lowest BCUT2D eigenvalue weighted by molar-refractivity contribution is -0.115. The van der Waals surface area contributed by atoms with Crippen molar-refractivity contribution in [3.8, 4) is 12.1 Å². The molecular formula is C29H31N7O2S. The third-order valence-corrected chi connectivity index (χ3v) is 7.74. The number of hydrogen-bond donors (Lipinski definition) is 2. The second kappa shape index (κ2) is 13.4. The van der Waals surface area contributed by atoms with Gasteiger partial charge in [-0.15, -0.1) is 11.3 Å². The Kier molecular flexibility index (Phi) is 9.52. The van der Waals surface area contributed by atoms with Gasteiger partial charge in [0, 0.05) is 56.8 Å². The molecule has 1 amide bonds. The van der Waals surface area contributed by atoms with Crippen LogP contribution in [-0.4, -0.2) is 54.6 Å². The van der Waals surface area contributed by atoms with Crippen LogP contribution in [0.25, 0.3) is 11.8 Å². The van der Waals surface area contributed by atoms with Crippen LogP contribution in [0.15, 0.2) is 59.4 Å². The number of amides is 1. The maximum absolute atomic E-state index is 12.9. The molecule has 0 spiro atoms. The molecule has 4 rings (SSSR count). The van der Waals surface area contributed by atoms with Crippen molar-refractivity contribution in [2.75, 3.05) is 49.5 Å². The van der Waals surface area contributed by atoms with Crippen molar-refractivity contribution < 1.29 is 4.79 Å². The summed E-state index contributed by atoms with van der Waals surface area (Å²) in [6, 6.07) is 22.3. The number of nitrogens with zero attached hydrogens (tertiary/aromatic N) is 5. The zero-order chi connectivity index (χ0) is 27.6. The summed E-state index contributed by atoms with van der Waals surface area (Å²) in [4.78, 5) is 30.2. The van der Waals surface area contributed by atoms with Gasteiger partial charge in [0.1, 0.15) is 21.8 Å². The Labute approximate surface area is 231 Å². The zero-order valence-corrected chi connectivity index (χ0v) is 22.7. The fourth-order valence-electron chi connectivity index (χ4n) is 4.52. The van der Waals surface area contributed by atoms with E-state index in [0.717, 1.165) is 56.2 Å². The first-order valence-electron chi connectivity index (χ1n) is 12.9. The molecule has 3 aromatic rings. The summed E-state index contributed by atoms with van der Waals surface area (Å²) in [7, 11) is 0. The number of nitriles is 2. The summed E-state index contributed by atoms with van der Waals surface area (Å²) in [6.07, 6.45) is 2.54. The van der Waals surface area contributed by atoms with Gasteiger partial charge in [0.05, 0.1) is 6.07 Å². The van der Waals surface area contributed by atoms with Crippen LogP contribution >= 0.6 is 11.3 Å². The Morgan fingerprint density at radius 2 is 1.85 bits per heavy atom. The van der Waals surface area contributed by atoms with Crippen LogP contribution < -0.4 is 30.3 Å². The van der Waals surface area contributed by atoms with Gasteiger partial charge in [-0.05, 0) is 43.2 Å². The first-order chi connectivity index (χ1) is 19.0. The average Bonchev–Trinajstić information content (AvgIpc) is 3.29. The molecule has 39 heavy (non-hydrogen) atoms. The van der Waals surface area contributed by atoms with Gasteiger partial charge in [-0.2, -0.15) is 10.5 Å². The maximum Gasteiger partial charge on any atom is 0.270 e. The summed E-state index contributed by atoms with van der Waals surface area (Å²) in [5.74, 6) is -0.670. The number of piperazine rings is 1. The predicted octanol–water partition coefficient (Wildman–Crippen LogP) is 1.46. The Bertz CT molecular complexity index is 1560. The molecule has 0 bridgehead atoms. The lowest BCUT2D eigenvalue weighted by Gasteiger charge is -2.36. The minimum atomic E-state index is -0.670. The van der Waals surface area contributed by atoms with Crippen LogP contribution in [-0.2, 0) is 17.8 Å². The summed E-state index contributed by atoms with van der Waals surface area (Å²) in [5, 5.41) is 23.8. The van der Waals surface area contributed by atoms with E-state index in [1.165, 1.54) is 15.8 Å². The molecular weight excluding hydrogens is 510 g/mol. The molecule has 1 aromatic heterocycles. The standard InChI is InChI=1S/C29H31N7O2S/c1-2-36-28(38)26(39-29(36)25(20-31)27(37)32-13-12-30)21-33-23-8-6-7-22(19-23)11-14-34-15-17-35(18-16-34)24-9-4-3-5-10-24/h3-10,19,21,33H,2,11,13-18H2,1H3,(H,32,37)/b26-21+,29-25-. The normalized spacial score (nSPS) is 14.8. The van der Waals surface area contributed by atoms with Crippen LogP contribution in [0.3, 0.4) is 0 Å². The van der Waals surface area contributed by atoms with Crippen molar-refractivity contribution in [3.05, 3.63) is 79.7 Å². The van der Waals surface area contributed by atoms with Gasteiger partial charge in [-0.1, -0.05) is 30.3 Å². The number of aromatic nitrogens is 1. The van der Waals surface area contributed by atoms with E-state index in [1.54, 1.807) is 13.1 Å². The highest BCUT2D eigenvalue weighted by Crippen LogP contribution is 2.16. The molecule has 1 aliphatic rings. The molecule has 0 radical (unpaired) electrons. The molecule has 0 saturated carbocycles. The number of nitrogens with one attached hydrogen (secondary N) is 2. The van der Waals surface area contributed by atoms with Crippen LogP contribution in [0.4, 0.5) is 11.4 Å². The summed E-state index contributed by atoms with van der Waals surface area (Å²) < 4.78 is 2.06. The zero-order valence-electron chi connectivity index (χ0n) is 21.9. The second-order valence-corrected chi connectivity index (χ2v) is 10.1. The van der Waals surface area contributed by atoms with Gasteiger partial charge < -0.3 is 15.5 Å². The number of carbonyl (C=O) groups is 1. The van der Waals surface area contributed by atoms with E-state index in [-0.39, 0.29) is 22.3 Å². The molecule has 2 heterocycles. The summed E-state index contributed by atoms with van der Waals surface area (Å²) >= 11 is 1.07. The van der Waals surface area contributed by atoms with Crippen LogP contribution in [0.1, 0.15) is 12.5 Å². The Morgan fingerprint density at radius 1 is 1.08 bits per heavy atom. The van der Waals surface area contributed by atoms with E-state index in [0.29, 0.717) is 11.1 Å². The van der Waals surface area contributed by atoms with Crippen molar-refractivity contribution in [2.45, 2.75) is 19.9 Å². The first-order valence-corrected chi connectivity index (χ1v) is 13.7. The topological polar surface area (TPSA) is 117 Å². The van der Waals surface area contributed by atoms with Crippen molar-refractivity contribution in [1.29, 1.82) is 10.5 Å². The number of thiazole rings is 1. The highest BCUT2D eigenvalue weighted by molar-refractivity contribution is 7.07. The van der Waals surface area contributed by atoms with E-state index in [9.17, 15) is 14.9 Å². The molecule has 10 heteroatoms. The minimum absolute atomic E-state index is 0.180. The number of carbonyl (C=O) groups excluding carboxylic acids is 1. The Hall–Kier alpha value is -4.38. The lowest BCUT2D eigenvalue weighted by Crippen LogP contribution is -2.46. The molecule has 0 aliphatic carbocycles. The molecule has 0 unspecified atom stereocenters. The van der Waals surface area contributed by atoms with Crippen LogP contribution in [0, 0.1) is 22.7 Å². The molecule has 9 nitrogen and oxygen atoms in total. The molecule has 2 aromatic carbocycles. The summed E-state index contributed by atoms with van der Waals surface area (Å²) in [5.41, 5.74) is 2.87. The van der Waals surface area contributed by atoms with Gasteiger partial charge in [-0.3, -0.25) is 19.1 Å². The average molecular weight is 542 g/mol. The van der Waals surface area contributed by atoms with E-state index >= 15 is 0 Å². The number of benzene rings is 2. The van der Waals surface area contributed by atoms with Crippen molar-refractivity contribution in [2.24, 2.45) is 0 Å². The quantitative estimate of drug-likeness (QED) is 0.394. The third kappa shape index (κ3) is 6.94. The van der Waals surface area contributed by atoms with Gasteiger partial charge in [0.2, 0.25) is 0 Å². The fourth-order valence-corrected chi connectivity index (χ4v) is 5.60. The lowest BCUT2D eigenvalue weighted by atomic mass is 10.1. The van der Waals surface area contributed by atoms with Crippen molar-refractivity contribution >= 4 is 40.4 Å². The van der Waals surface area contributed by atoms with Gasteiger partial charge in [0.25, 0.3) is 11.5 Å². The number of rotatable bonds is 9. The molecule has 200 valence electrons. The van der Waals surface area contributed by atoms with E-state index in [4.69, 9.17) is 5.26 Å². The SMILES string of the molecule is CCn1c(=O)/c(=C\Nc2cccc(CCN3CCN(c4ccccc4)CC3)c2)s/c1=C(/C#N)C(=O)NCC#N. The highest BCUT2D eigenvalue weighted by atomic mass is 32.1. The number of anilines is 2. The second-order valence-electron chi connectivity index (χ2n) is 9.05. The van der Waals surface area contributed by atoms with E-state index < -0.39 is 5.91 Å². The highest BCUT2D eigenvalue weighted by Gasteiger charge is 2.17. The third-order valence-electron chi connectivity index (χ3n) is 6.61. The number of para-hydroxylation sites is 1. The maximum atomic E-state index is 12.9. The minimum Gasteiger partial charge on any atom is -0.369 e. The number of hydrogen-bond acceptors (Lipinski definition) is 8. The van der Waals surface area contributed by atoms with Crippen molar-refractivity contribution in [1.82, 2.24) is 14.8 Å².